The predicted octanol–water partition coefficient (Wildman–Crippen LogP) is 2.97. The van der Waals surface area contributed by atoms with E-state index in [1.165, 1.54) is 11.8 Å². The maximum Gasteiger partial charge on any atom is 0.237 e. The van der Waals surface area contributed by atoms with Gasteiger partial charge in [0.25, 0.3) is 0 Å². The summed E-state index contributed by atoms with van der Waals surface area (Å²) < 4.78 is 6.96. The van der Waals surface area contributed by atoms with E-state index < -0.39 is 5.25 Å². The van der Waals surface area contributed by atoms with Crippen LogP contribution >= 0.6 is 11.8 Å². The van der Waals surface area contributed by atoms with Crippen molar-refractivity contribution in [2.75, 3.05) is 12.4 Å². The van der Waals surface area contributed by atoms with E-state index in [1.807, 2.05) is 31.2 Å². The molecule has 1 aromatic heterocycles. The lowest BCUT2D eigenvalue weighted by molar-refractivity contribution is -0.115. The van der Waals surface area contributed by atoms with Crippen molar-refractivity contribution in [2.45, 2.75) is 24.3 Å². The number of hydrogen-bond acceptors (Lipinski definition) is 7. The molecule has 2 aromatic carbocycles. The van der Waals surface area contributed by atoms with Gasteiger partial charge in [-0.1, -0.05) is 17.8 Å². The summed E-state index contributed by atoms with van der Waals surface area (Å²) in [7, 11) is 1.58. The molecule has 0 spiro atoms. The summed E-state index contributed by atoms with van der Waals surface area (Å²) in [5, 5.41) is 23.5. The van der Waals surface area contributed by atoms with Gasteiger partial charge in [-0.15, -0.1) is 5.10 Å². The first-order chi connectivity index (χ1) is 13.5. The quantitative estimate of drug-likeness (QED) is 0.641. The third kappa shape index (κ3) is 4.29. The van der Waals surface area contributed by atoms with E-state index in [4.69, 9.17) is 10.00 Å². The van der Waals surface area contributed by atoms with Gasteiger partial charge in [0.2, 0.25) is 11.1 Å². The number of carbonyl (C=O) groups is 1. The number of aryl methyl sites for hydroxylation is 1. The number of ether oxygens (including phenoxy) is 1. The van der Waals surface area contributed by atoms with Crippen molar-refractivity contribution in [3.05, 3.63) is 53.6 Å². The van der Waals surface area contributed by atoms with Gasteiger partial charge >= 0.3 is 0 Å². The van der Waals surface area contributed by atoms with E-state index in [0.717, 1.165) is 5.56 Å². The highest BCUT2D eigenvalue weighted by Crippen LogP contribution is 2.29. The number of anilines is 1. The number of amides is 1. The Balaban J connectivity index is 1.76. The molecule has 1 amide bonds. The van der Waals surface area contributed by atoms with Gasteiger partial charge in [-0.05, 0) is 66.2 Å². The van der Waals surface area contributed by atoms with Crippen LogP contribution in [0.2, 0.25) is 0 Å². The van der Waals surface area contributed by atoms with Crippen LogP contribution in [0.3, 0.4) is 0 Å². The van der Waals surface area contributed by atoms with Crippen molar-refractivity contribution in [1.29, 1.82) is 5.26 Å². The van der Waals surface area contributed by atoms with E-state index >= 15 is 0 Å². The Hall–Kier alpha value is -3.38. The lowest BCUT2D eigenvalue weighted by Crippen LogP contribution is -2.23. The molecule has 0 aliphatic heterocycles. The summed E-state index contributed by atoms with van der Waals surface area (Å²) in [5.41, 5.74) is 2.90. The standard InChI is InChI=1S/C19H18N6O2S/c1-12-4-9-17(27-3)16(10-12)25-19(22-23-24-25)28-13(2)18(26)21-15-7-5-14(11-20)6-8-15/h4-10,13H,1-3H3,(H,21,26). The van der Waals surface area contributed by atoms with Crippen LogP contribution in [0.4, 0.5) is 5.69 Å². The zero-order chi connectivity index (χ0) is 20.1. The van der Waals surface area contributed by atoms with E-state index in [2.05, 4.69) is 20.8 Å². The van der Waals surface area contributed by atoms with Crippen LogP contribution in [0, 0.1) is 18.3 Å². The minimum absolute atomic E-state index is 0.194. The van der Waals surface area contributed by atoms with Crippen LogP contribution in [0.25, 0.3) is 5.69 Å². The molecule has 0 aliphatic rings. The number of carbonyl (C=O) groups excluding carboxylic acids is 1. The summed E-state index contributed by atoms with van der Waals surface area (Å²) in [6, 6.07) is 14.4. The van der Waals surface area contributed by atoms with Crippen LogP contribution in [0.1, 0.15) is 18.1 Å². The molecular weight excluding hydrogens is 376 g/mol. The van der Waals surface area contributed by atoms with Crippen LogP contribution < -0.4 is 10.1 Å². The summed E-state index contributed by atoms with van der Waals surface area (Å²) >= 11 is 1.24. The van der Waals surface area contributed by atoms with Crippen LogP contribution in [-0.4, -0.2) is 38.5 Å². The van der Waals surface area contributed by atoms with Gasteiger partial charge in [0.15, 0.2) is 0 Å². The second-order valence-corrected chi connectivity index (χ2v) is 7.30. The van der Waals surface area contributed by atoms with Gasteiger partial charge in [-0.25, -0.2) is 0 Å². The van der Waals surface area contributed by atoms with Crippen molar-refractivity contribution in [3.63, 3.8) is 0 Å². The molecule has 3 rings (SSSR count). The second-order valence-electron chi connectivity index (χ2n) is 5.99. The Morgan fingerprint density at radius 1 is 1.29 bits per heavy atom. The van der Waals surface area contributed by atoms with Gasteiger partial charge in [0.1, 0.15) is 11.4 Å². The molecule has 0 saturated heterocycles. The van der Waals surface area contributed by atoms with E-state index in [0.29, 0.717) is 27.8 Å². The zero-order valence-corrected chi connectivity index (χ0v) is 16.4. The van der Waals surface area contributed by atoms with Gasteiger partial charge in [0.05, 0.1) is 24.0 Å². The van der Waals surface area contributed by atoms with Gasteiger partial charge in [0, 0.05) is 5.69 Å². The molecule has 0 radical (unpaired) electrons. The first kappa shape index (κ1) is 19.4. The number of thioether (sulfide) groups is 1. The zero-order valence-electron chi connectivity index (χ0n) is 15.6. The molecule has 9 heteroatoms. The third-order valence-electron chi connectivity index (χ3n) is 3.94. The highest BCUT2D eigenvalue weighted by Gasteiger charge is 2.21. The molecule has 28 heavy (non-hydrogen) atoms. The number of nitriles is 1. The van der Waals surface area contributed by atoms with Crippen molar-refractivity contribution in [2.24, 2.45) is 0 Å². The number of methoxy groups -OCH3 is 1. The molecule has 142 valence electrons. The number of nitrogens with one attached hydrogen (secondary N) is 1. The Kier molecular flexibility index (Phi) is 5.91. The minimum atomic E-state index is -0.448. The van der Waals surface area contributed by atoms with Crippen LogP contribution in [-0.2, 0) is 4.79 Å². The van der Waals surface area contributed by atoms with Crippen molar-refractivity contribution in [3.8, 4) is 17.5 Å². The number of tetrazole rings is 1. The monoisotopic (exact) mass is 394 g/mol. The molecule has 0 saturated carbocycles. The highest BCUT2D eigenvalue weighted by atomic mass is 32.2. The molecule has 3 aromatic rings. The molecule has 0 bridgehead atoms. The highest BCUT2D eigenvalue weighted by molar-refractivity contribution is 8.00. The molecule has 0 fully saturated rings. The SMILES string of the molecule is COc1ccc(C)cc1-n1nnnc1SC(C)C(=O)Nc1ccc(C#N)cc1. The van der Waals surface area contributed by atoms with Crippen LogP contribution in [0.5, 0.6) is 5.75 Å². The average Bonchev–Trinajstić information content (AvgIpc) is 3.16. The number of benzene rings is 2. The Labute approximate surface area is 166 Å². The number of aromatic nitrogens is 4. The first-order valence-corrected chi connectivity index (χ1v) is 9.31. The molecular formula is C19H18N6O2S. The third-order valence-corrected chi connectivity index (χ3v) is 4.97. The Morgan fingerprint density at radius 2 is 2.04 bits per heavy atom. The maximum absolute atomic E-state index is 12.5. The summed E-state index contributed by atoms with van der Waals surface area (Å²) in [6.07, 6.45) is 0. The molecule has 0 aliphatic carbocycles. The van der Waals surface area contributed by atoms with Crippen LogP contribution in [0.15, 0.2) is 47.6 Å². The summed E-state index contributed by atoms with van der Waals surface area (Å²) in [6.45, 7) is 3.74. The fourth-order valence-corrected chi connectivity index (χ4v) is 3.25. The first-order valence-electron chi connectivity index (χ1n) is 8.43. The second kappa shape index (κ2) is 8.54. The van der Waals surface area contributed by atoms with Gasteiger partial charge in [-0.2, -0.15) is 9.94 Å². The normalized spacial score (nSPS) is 11.5. The molecule has 1 N–H and O–H groups in total. The smallest absolute Gasteiger partial charge is 0.237 e. The van der Waals surface area contributed by atoms with E-state index in [9.17, 15) is 4.79 Å². The molecule has 8 nitrogen and oxygen atoms in total. The lowest BCUT2D eigenvalue weighted by atomic mass is 10.2. The Morgan fingerprint density at radius 3 is 2.71 bits per heavy atom. The number of nitrogens with zero attached hydrogens (tertiary/aromatic N) is 5. The van der Waals surface area contributed by atoms with Gasteiger partial charge in [-0.3, -0.25) is 4.79 Å². The summed E-state index contributed by atoms with van der Waals surface area (Å²) in [5.74, 6) is 0.440. The Bertz CT molecular complexity index is 1030. The van der Waals surface area contributed by atoms with Crippen molar-refractivity contribution < 1.29 is 9.53 Å². The van der Waals surface area contributed by atoms with E-state index in [-0.39, 0.29) is 5.91 Å². The number of hydrogen-bond donors (Lipinski definition) is 1. The molecule has 1 heterocycles. The largest absolute Gasteiger partial charge is 0.494 e. The minimum Gasteiger partial charge on any atom is -0.494 e. The fourth-order valence-electron chi connectivity index (χ4n) is 2.45. The molecule has 1 unspecified atom stereocenters. The number of rotatable bonds is 6. The maximum atomic E-state index is 12.5. The molecule has 1 atom stereocenters. The topological polar surface area (TPSA) is 106 Å². The fraction of sp³-hybridized carbons (Fsp3) is 0.211. The van der Waals surface area contributed by atoms with E-state index in [1.54, 1.807) is 43.0 Å². The summed E-state index contributed by atoms with van der Waals surface area (Å²) in [4.78, 5) is 12.5. The predicted molar refractivity (Wildman–Crippen MR) is 106 cm³/mol. The van der Waals surface area contributed by atoms with Crippen molar-refractivity contribution in [1.82, 2.24) is 20.2 Å². The average molecular weight is 394 g/mol. The van der Waals surface area contributed by atoms with Gasteiger partial charge < -0.3 is 10.1 Å². The lowest BCUT2D eigenvalue weighted by Gasteiger charge is -2.13. The van der Waals surface area contributed by atoms with Crippen molar-refractivity contribution >= 4 is 23.4 Å².